The summed E-state index contributed by atoms with van der Waals surface area (Å²) in [6.45, 7) is 1.73. The molecule has 0 aliphatic carbocycles. The molecule has 27 heavy (non-hydrogen) atoms. The maximum atomic E-state index is 12.5. The van der Waals surface area contributed by atoms with Crippen LogP contribution in [-0.4, -0.2) is 25.6 Å². The van der Waals surface area contributed by atoms with Gasteiger partial charge in [-0.2, -0.15) is 0 Å². The Morgan fingerprint density at radius 1 is 1.26 bits per heavy atom. The van der Waals surface area contributed by atoms with Gasteiger partial charge in [0, 0.05) is 28.6 Å². The van der Waals surface area contributed by atoms with Gasteiger partial charge < -0.3 is 5.32 Å². The fraction of sp³-hybridized carbons (Fsp3) is 0.111. The zero-order chi connectivity index (χ0) is 19.4. The summed E-state index contributed by atoms with van der Waals surface area (Å²) in [6.07, 6.45) is 3.48. The summed E-state index contributed by atoms with van der Waals surface area (Å²) in [7, 11) is 0. The third-order valence-corrected chi connectivity index (χ3v) is 5.33. The van der Waals surface area contributed by atoms with E-state index in [2.05, 4.69) is 26.2 Å². The maximum absolute atomic E-state index is 12.5. The Labute approximate surface area is 168 Å². The minimum absolute atomic E-state index is 0.139. The molecule has 0 radical (unpaired) electrons. The van der Waals surface area contributed by atoms with E-state index in [1.807, 2.05) is 35.0 Å². The Bertz CT molecular complexity index is 975. The van der Waals surface area contributed by atoms with Crippen LogP contribution in [0.2, 0.25) is 0 Å². The van der Waals surface area contributed by atoms with Gasteiger partial charge in [-0.05, 0) is 37.3 Å². The second kappa shape index (κ2) is 8.36. The first kappa shape index (κ1) is 19.1. The quantitative estimate of drug-likeness (QED) is 0.337. The number of carbonyl (C=O) groups excluding carboxylic acids is 1. The summed E-state index contributed by atoms with van der Waals surface area (Å²) >= 11 is 4.68. The third-order valence-electron chi connectivity index (χ3n) is 3.72. The zero-order valence-electron chi connectivity index (χ0n) is 14.2. The largest absolute Gasteiger partial charge is 0.319 e. The molecule has 0 spiro atoms. The summed E-state index contributed by atoms with van der Waals surface area (Å²) in [5.74, 6) is -0.334. The van der Waals surface area contributed by atoms with Gasteiger partial charge in [0.25, 0.3) is 5.69 Å². The molecule has 3 aromatic rings. The van der Waals surface area contributed by atoms with Crippen molar-refractivity contribution in [1.29, 1.82) is 0 Å². The molecule has 0 saturated carbocycles. The van der Waals surface area contributed by atoms with Crippen LogP contribution in [0.15, 0.2) is 70.6 Å². The number of nitrogens with zero attached hydrogens (tertiary/aromatic N) is 3. The number of rotatable bonds is 6. The van der Waals surface area contributed by atoms with Gasteiger partial charge in [0.05, 0.1) is 10.2 Å². The van der Waals surface area contributed by atoms with Crippen molar-refractivity contribution in [3.63, 3.8) is 0 Å². The molecule has 1 N–H and O–H groups in total. The lowest BCUT2D eigenvalue weighted by Crippen LogP contribution is -2.23. The average molecular weight is 447 g/mol. The summed E-state index contributed by atoms with van der Waals surface area (Å²) in [6, 6.07) is 13.8. The molecular weight excluding hydrogens is 432 g/mol. The zero-order valence-corrected chi connectivity index (χ0v) is 16.6. The second-order valence-corrected chi connectivity index (χ2v) is 7.80. The van der Waals surface area contributed by atoms with Gasteiger partial charge >= 0.3 is 0 Å². The van der Waals surface area contributed by atoms with Crippen LogP contribution in [0.4, 0.5) is 11.4 Å². The molecule has 7 nitrogen and oxygen atoms in total. The van der Waals surface area contributed by atoms with Crippen LogP contribution < -0.4 is 5.32 Å². The van der Waals surface area contributed by atoms with Crippen molar-refractivity contribution in [2.45, 2.75) is 17.3 Å². The maximum Gasteiger partial charge on any atom is 0.292 e. The van der Waals surface area contributed by atoms with Gasteiger partial charge in [0.15, 0.2) is 5.16 Å². The Morgan fingerprint density at radius 3 is 2.67 bits per heavy atom. The van der Waals surface area contributed by atoms with Gasteiger partial charge in [-0.25, -0.2) is 4.98 Å². The van der Waals surface area contributed by atoms with Crippen molar-refractivity contribution in [3.05, 3.63) is 75.5 Å². The summed E-state index contributed by atoms with van der Waals surface area (Å²) in [4.78, 5) is 27.4. The van der Waals surface area contributed by atoms with Gasteiger partial charge in [-0.3, -0.25) is 19.5 Å². The molecule has 0 saturated heterocycles. The lowest BCUT2D eigenvalue weighted by molar-refractivity contribution is -0.383. The molecule has 2 aromatic carbocycles. The van der Waals surface area contributed by atoms with E-state index in [1.54, 1.807) is 25.3 Å². The Kier molecular flexibility index (Phi) is 5.92. The smallest absolute Gasteiger partial charge is 0.292 e. The first-order chi connectivity index (χ1) is 13.0. The molecule has 0 fully saturated rings. The van der Waals surface area contributed by atoms with Crippen molar-refractivity contribution in [1.82, 2.24) is 9.55 Å². The van der Waals surface area contributed by atoms with E-state index in [0.29, 0.717) is 5.16 Å². The highest BCUT2D eigenvalue weighted by atomic mass is 79.9. The Balaban J connectivity index is 1.74. The molecule has 9 heteroatoms. The number of thioether (sulfide) groups is 1. The fourth-order valence-electron chi connectivity index (χ4n) is 2.36. The van der Waals surface area contributed by atoms with E-state index in [0.717, 1.165) is 10.2 Å². The topological polar surface area (TPSA) is 90.1 Å². The number of nitro groups is 1. The first-order valence-electron chi connectivity index (χ1n) is 7.96. The van der Waals surface area contributed by atoms with Crippen LogP contribution in [0, 0.1) is 10.1 Å². The van der Waals surface area contributed by atoms with Crippen LogP contribution in [0.5, 0.6) is 0 Å². The second-order valence-electron chi connectivity index (χ2n) is 5.58. The number of hydrogen-bond donors (Lipinski definition) is 1. The van der Waals surface area contributed by atoms with Crippen molar-refractivity contribution in [3.8, 4) is 5.69 Å². The fourth-order valence-corrected chi connectivity index (χ4v) is 3.51. The number of carbonyl (C=O) groups is 1. The monoisotopic (exact) mass is 446 g/mol. The highest BCUT2D eigenvalue weighted by Gasteiger charge is 2.21. The van der Waals surface area contributed by atoms with Crippen molar-refractivity contribution in [2.75, 3.05) is 5.32 Å². The number of benzene rings is 2. The average Bonchev–Trinajstić information content (AvgIpc) is 3.10. The normalized spacial score (nSPS) is 11.8. The van der Waals surface area contributed by atoms with Gasteiger partial charge in [-0.15, -0.1) is 0 Å². The predicted molar refractivity (Wildman–Crippen MR) is 108 cm³/mol. The van der Waals surface area contributed by atoms with Crippen LogP contribution >= 0.6 is 27.7 Å². The Morgan fingerprint density at radius 2 is 1.96 bits per heavy atom. The van der Waals surface area contributed by atoms with Crippen molar-refractivity contribution >= 4 is 45.0 Å². The van der Waals surface area contributed by atoms with Crippen LogP contribution in [-0.2, 0) is 4.79 Å². The number of aromatic nitrogens is 2. The lowest BCUT2D eigenvalue weighted by atomic mass is 10.2. The number of amides is 1. The molecule has 1 aromatic heterocycles. The van der Waals surface area contributed by atoms with Gasteiger partial charge in [-0.1, -0.05) is 39.8 Å². The highest BCUT2D eigenvalue weighted by molar-refractivity contribution is 9.10. The molecule has 1 heterocycles. The van der Waals surface area contributed by atoms with E-state index in [9.17, 15) is 14.9 Å². The molecule has 1 amide bonds. The third kappa shape index (κ3) is 4.55. The van der Waals surface area contributed by atoms with Crippen molar-refractivity contribution < 1.29 is 9.72 Å². The first-order valence-corrected chi connectivity index (χ1v) is 9.63. The molecule has 0 aliphatic heterocycles. The molecule has 0 bridgehead atoms. The number of hydrogen-bond acceptors (Lipinski definition) is 5. The van der Waals surface area contributed by atoms with E-state index in [1.165, 1.54) is 23.9 Å². The molecule has 138 valence electrons. The number of imidazole rings is 1. The lowest BCUT2D eigenvalue weighted by Gasteiger charge is -2.13. The van der Waals surface area contributed by atoms with Gasteiger partial charge in [0.2, 0.25) is 5.91 Å². The summed E-state index contributed by atoms with van der Waals surface area (Å²) in [5.41, 5.74) is 0.958. The minimum atomic E-state index is -0.520. The summed E-state index contributed by atoms with van der Waals surface area (Å²) in [5, 5.41) is 13.9. The van der Waals surface area contributed by atoms with Crippen LogP contribution in [0.3, 0.4) is 0 Å². The SMILES string of the molecule is CC(Sc1nccn1-c1ccc(Br)cc1)C(=O)Nc1ccccc1[N+](=O)[O-]. The summed E-state index contributed by atoms with van der Waals surface area (Å²) < 4.78 is 2.85. The van der Waals surface area contributed by atoms with Crippen LogP contribution in [0.1, 0.15) is 6.92 Å². The minimum Gasteiger partial charge on any atom is -0.319 e. The number of para-hydroxylation sites is 2. The number of nitro benzene ring substituents is 1. The van der Waals surface area contributed by atoms with E-state index >= 15 is 0 Å². The van der Waals surface area contributed by atoms with E-state index in [4.69, 9.17) is 0 Å². The number of halogens is 1. The van der Waals surface area contributed by atoms with E-state index in [-0.39, 0.29) is 17.3 Å². The predicted octanol–water partition coefficient (Wildman–Crippen LogP) is 4.66. The Hall–Kier alpha value is -2.65. The number of anilines is 1. The highest BCUT2D eigenvalue weighted by Crippen LogP contribution is 2.28. The number of nitrogens with one attached hydrogen (secondary N) is 1. The van der Waals surface area contributed by atoms with Gasteiger partial charge in [0.1, 0.15) is 5.69 Å². The molecule has 0 aliphatic rings. The molecule has 1 unspecified atom stereocenters. The molecule has 1 atom stereocenters. The molecular formula is C18H15BrN4O3S. The van der Waals surface area contributed by atoms with E-state index < -0.39 is 10.2 Å². The standard InChI is InChI=1S/C18H15BrN4O3S/c1-12(17(24)21-15-4-2-3-5-16(15)23(25)26)27-18-20-10-11-22(18)14-8-6-13(19)7-9-14/h2-12H,1H3,(H,21,24). The van der Waals surface area contributed by atoms with Crippen LogP contribution in [0.25, 0.3) is 5.69 Å². The molecule has 3 rings (SSSR count). The van der Waals surface area contributed by atoms with Crippen molar-refractivity contribution in [2.24, 2.45) is 0 Å².